The summed E-state index contributed by atoms with van der Waals surface area (Å²) in [5.74, 6) is 1.51. The van der Waals surface area contributed by atoms with Crippen LogP contribution in [0, 0.1) is 0 Å². The molecule has 0 saturated heterocycles. The fourth-order valence-corrected chi connectivity index (χ4v) is 8.82. The summed E-state index contributed by atoms with van der Waals surface area (Å²) in [6.07, 6.45) is 0. The van der Waals surface area contributed by atoms with E-state index in [1.165, 1.54) is 0 Å². The quantitative estimate of drug-likeness (QED) is 0.215. The van der Waals surface area contributed by atoms with Crippen LogP contribution in [0.2, 0.25) is 10.0 Å². The first-order valence-corrected chi connectivity index (χ1v) is 18.3. The molecule has 0 aliphatic carbocycles. The van der Waals surface area contributed by atoms with E-state index in [0.717, 1.165) is 54.3 Å². The molecule has 0 bridgehead atoms. The third-order valence-electron chi connectivity index (χ3n) is 5.54. The van der Waals surface area contributed by atoms with E-state index in [-0.39, 0.29) is 26.3 Å². The van der Waals surface area contributed by atoms with Gasteiger partial charge in [-0.3, -0.25) is 0 Å². The predicted octanol–water partition coefficient (Wildman–Crippen LogP) is 5.64. The van der Waals surface area contributed by atoms with E-state index in [9.17, 15) is 0 Å². The van der Waals surface area contributed by atoms with Crippen molar-refractivity contribution in [2.24, 2.45) is 0 Å². The minimum atomic E-state index is -0.0765. The van der Waals surface area contributed by atoms with Gasteiger partial charge in [0, 0.05) is 0 Å². The zero-order valence-corrected chi connectivity index (χ0v) is 24.5. The molecule has 6 rings (SSSR count). The summed E-state index contributed by atoms with van der Waals surface area (Å²) in [6, 6.07) is 31.3. The fourth-order valence-electron chi connectivity index (χ4n) is 3.82. The van der Waals surface area contributed by atoms with Crippen LogP contribution in [0.3, 0.4) is 0 Å². The Kier molecular flexibility index (Phi) is 7.43. The van der Waals surface area contributed by atoms with Crippen LogP contribution in [0.25, 0.3) is 21.8 Å². The van der Waals surface area contributed by atoms with Gasteiger partial charge in [-0.2, -0.15) is 0 Å². The van der Waals surface area contributed by atoms with Crippen molar-refractivity contribution in [3.05, 3.63) is 107 Å². The summed E-state index contributed by atoms with van der Waals surface area (Å²) in [7, 11) is 0. The Morgan fingerprint density at radius 3 is 1.34 bits per heavy atom. The summed E-state index contributed by atoms with van der Waals surface area (Å²) in [4.78, 5) is 19.5. The molecule has 6 aromatic rings. The Balaban J connectivity index is 1.34. The summed E-state index contributed by atoms with van der Waals surface area (Å²) in [6.45, 7) is 0. The van der Waals surface area contributed by atoms with Crippen molar-refractivity contribution in [2.75, 3.05) is 10.6 Å². The number of aromatic nitrogens is 4. The predicted molar refractivity (Wildman–Crippen MR) is 159 cm³/mol. The van der Waals surface area contributed by atoms with Gasteiger partial charge in [0.15, 0.2) is 0 Å². The molecule has 0 spiro atoms. The van der Waals surface area contributed by atoms with Gasteiger partial charge in [0.25, 0.3) is 0 Å². The van der Waals surface area contributed by atoms with Crippen LogP contribution in [-0.2, 0) is 0 Å². The number of hydrogen-bond donors (Lipinski definition) is 2. The summed E-state index contributed by atoms with van der Waals surface area (Å²) < 4.78 is 1.52. The zero-order chi connectivity index (χ0) is 25.9. The van der Waals surface area contributed by atoms with Gasteiger partial charge in [0.2, 0.25) is 0 Å². The minimum absolute atomic E-state index is 0.0765. The Morgan fingerprint density at radius 2 is 0.921 bits per heavy atom. The van der Waals surface area contributed by atoms with E-state index in [1.54, 1.807) is 0 Å². The van der Waals surface area contributed by atoms with Crippen molar-refractivity contribution < 1.29 is 0 Å². The molecule has 0 aliphatic rings. The third-order valence-corrected chi connectivity index (χ3v) is 11.7. The Hall–Kier alpha value is -3.22. The van der Waals surface area contributed by atoms with Crippen molar-refractivity contribution in [1.82, 2.24) is 19.9 Å². The summed E-state index contributed by atoms with van der Waals surface area (Å²) in [5, 5.41) is 9.98. The van der Waals surface area contributed by atoms with E-state index in [0.29, 0.717) is 10.0 Å². The maximum absolute atomic E-state index is 6.30. The molecule has 0 atom stereocenters. The van der Waals surface area contributed by atoms with Crippen molar-refractivity contribution in [1.29, 1.82) is 0 Å². The molecule has 186 valence electrons. The van der Waals surface area contributed by atoms with E-state index in [2.05, 4.69) is 10.6 Å². The normalized spacial score (nSPS) is 11.1. The first-order chi connectivity index (χ1) is 18.6. The van der Waals surface area contributed by atoms with Gasteiger partial charge in [0.05, 0.1) is 0 Å². The fraction of sp³-hybridized carbons (Fsp3) is 0. The zero-order valence-electron chi connectivity index (χ0n) is 19.6. The third kappa shape index (κ3) is 5.76. The van der Waals surface area contributed by atoms with Crippen LogP contribution in [-0.4, -0.2) is 46.2 Å². The van der Waals surface area contributed by atoms with Gasteiger partial charge in [0.1, 0.15) is 0 Å². The van der Waals surface area contributed by atoms with Crippen LogP contribution < -0.4 is 20.1 Å². The van der Waals surface area contributed by atoms with Crippen LogP contribution in [0.15, 0.2) is 97.1 Å². The molecule has 38 heavy (non-hydrogen) atoms. The van der Waals surface area contributed by atoms with Crippen molar-refractivity contribution in [2.45, 2.75) is 0 Å². The standard InChI is InChI=1S/C28H18Cl2N6Se2/c29-17-11-13-21-23(15-17)33-27(35-25(21)31-19-7-3-1-4-8-19)37-38-28-34-24-16-18(30)12-14-22(24)26(36-28)32-20-9-5-2-6-10-20/h1-16H,(H,31,33,35)(H,32,34,36). The average molecular weight is 667 g/mol. The molecular weight excluding hydrogens is 649 g/mol. The number of hydrogen-bond acceptors (Lipinski definition) is 6. The second-order valence-corrected chi connectivity index (χ2v) is 14.9. The summed E-state index contributed by atoms with van der Waals surface area (Å²) >= 11 is 12.4. The average Bonchev–Trinajstić information content (AvgIpc) is 2.92. The first-order valence-electron chi connectivity index (χ1n) is 11.5. The molecule has 0 aliphatic heterocycles. The van der Waals surface area contributed by atoms with Gasteiger partial charge in [-0.05, 0) is 0 Å². The molecule has 10 heteroatoms. The topological polar surface area (TPSA) is 75.6 Å². The number of nitrogens with one attached hydrogen (secondary N) is 2. The van der Waals surface area contributed by atoms with Crippen LogP contribution >= 0.6 is 23.2 Å². The SMILES string of the molecule is Clc1ccc2c(Nc3ccccc3)nc([Se][Se]c3nc(Nc4ccccc4)c4ccc(Cl)cc4n3)nc2c1. The molecule has 0 radical (unpaired) electrons. The molecule has 6 nitrogen and oxygen atoms in total. The molecule has 2 aromatic heterocycles. The molecule has 4 aromatic carbocycles. The van der Waals surface area contributed by atoms with Gasteiger partial charge in [-0.25, -0.2) is 0 Å². The van der Waals surface area contributed by atoms with Gasteiger partial charge < -0.3 is 0 Å². The first kappa shape index (κ1) is 25.1. The van der Waals surface area contributed by atoms with Crippen LogP contribution in [0.5, 0.6) is 0 Å². The Morgan fingerprint density at radius 1 is 0.500 bits per heavy atom. The second kappa shape index (κ2) is 11.3. The summed E-state index contributed by atoms with van der Waals surface area (Å²) in [5.41, 5.74) is 3.52. The number of anilines is 4. The molecule has 2 N–H and O–H groups in total. The van der Waals surface area contributed by atoms with E-state index in [1.807, 2.05) is 97.1 Å². The van der Waals surface area contributed by atoms with E-state index >= 15 is 0 Å². The second-order valence-electron chi connectivity index (χ2n) is 8.18. The monoisotopic (exact) mass is 668 g/mol. The van der Waals surface area contributed by atoms with Gasteiger partial charge in [-0.15, -0.1) is 0 Å². The number of nitrogens with zero attached hydrogens (tertiary/aromatic N) is 4. The Bertz CT molecular complexity index is 1620. The number of rotatable bonds is 7. The maximum atomic E-state index is 6.30. The number of halogens is 2. The molecule has 2 heterocycles. The molecule has 0 fully saturated rings. The van der Waals surface area contributed by atoms with Crippen molar-refractivity contribution >= 4 is 104 Å². The Labute approximate surface area is 240 Å². The van der Waals surface area contributed by atoms with E-state index in [4.69, 9.17) is 43.1 Å². The number of para-hydroxylation sites is 2. The van der Waals surface area contributed by atoms with E-state index < -0.39 is 0 Å². The number of benzene rings is 4. The molecule has 0 saturated carbocycles. The molecular formula is C28H18Cl2N6Se2. The molecule has 0 amide bonds. The number of fused-ring (bicyclic) bond motifs is 2. The van der Waals surface area contributed by atoms with Crippen LogP contribution in [0.1, 0.15) is 0 Å². The van der Waals surface area contributed by atoms with Gasteiger partial charge >= 0.3 is 241 Å². The molecule has 0 unspecified atom stereocenters. The van der Waals surface area contributed by atoms with Crippen molar-refractivity contribution in [3.8, 4) is 0 Å². The van der Waals surface area contributed by atoms with Crippen LogP contribution in [0.4, 0.5) is 23.0 Å². The van der Waals surface area contributed by atoms with Crippen molar-refractivity contribution in [3.63, 3.8) is 0 Å². The van der Waals surface area contributed by atoms with Gasteiger partial charge in [-0.1, -0.05) is 0 Å².